The molecule has 19 heavy (non-hydrogen) atoms. The molecule has 4 nitrogen and oxygen atoms in total. The fourth-order valence-electron chi connectivity index (χ4n) is 2.12. The summed E-state index contributed by atoms with van der Waals surface area (Å²) in [5.74, 6) is 1.68. The summed E-state index contributed by atoms with van der Waals surface area (Å²) in [6, 6.07) is 0. The Balaban J connectivity index is 2.33. The number of rotatable bonds is 7. The van der Waals surface area contributed by atoms with Gasteiger partial charge in [0, 0.05) is 37.1 Å². The Morgan fingerprint density at radius 1 is 1.53 bits per heavy atom. The first-order valence-corrected chi connectivity index (χ1v) is 8.41. The Labute approximate surface area is 126 Å². The van der Waals surface area contributed by atoms with Gasteiger partial charge < -0.3 is 9.64 Å². The number of alkyl halides is 1. The third-order valence-electron chi connectivity index (χ3n) is 2.92. The van der Waals surface area contributed by atoms with Crippen molar-refractivity contribution in [2.75, 3.05) is 31.7 Å². The van der Waals surface area contributed by atoms with Crippen molar-refractivity contribution in [2.24, 2.45) is 5.92 Å². The smallest absolute Gasteiger partial charge is 0.195 e. The van der Waals surface area contributed by atoms with E-state index in [1.807, 2.05) is 0 Å². The molecule has 0 spiro atoms. The SMILES string of the molecule is COCCN(CC(C)C)c1nc2sccn2c1CBr. The number of fused-ring (bicyclic) bond motifs is 1. The lowest BCUT2D eigenvalue weighted by Crippen LogP contribution is -2.32. The van der Waals surface area contributed by atoms with E-state index in [9.17, 15) is 0 Å². The van der Waals surface area contributed by atoms with Crippen LogP contribution in [0.3, 0.4) is 0 Å². The number of thiazole rings is 1. The molecule has 0 bridgehead atoms. The molecule has 0 atom stereocenters. The van der Waals surface area contributed by atoms with Gasteiger partial charge in [0.15, 0.2) is 10.8 Å². The number of hydrogen-bond donors (Lipinski definition) is 0. The number of anilines is 1. The normalized spacial score (nSPS) is 11.6. The van der Waals surface area contributed by atoms with Gasteiger partial charge in [-0.3, -0.25) is 4.40 Å². The highest BCUT2D eigenvalue weighted by Crippen LogP contribution is 2.27. The second kappa shape index (κ2) is 6.72. The maximum Gasteiger partial charge on any atom is 0.195 e. The van der Waals surface area contributed by atoms with E-state index in [2.05, 4.69) is 50.7 Å². The van der Waals surface area contributed by atoms with Crippen molar-refractivity contribution in [3.05, 3.63) is 17.3 Å². The number of imidazole rings is 1. The van der Waals surface area contributed by atoms with Crippen LogP contribution < -0.4 is 4.90 Å². The Bertz CT molecular complexity index is 523. The zero-order valence-electron chi connectivity index (χ0n) is 11.6. The van der Waals surface area contributed by atoms with Crippen LogP contribution in [0.1, 0.15) is 19.5 Å². The van der Waals surface area contributed by atoms with Gasteiger partial charge in [-0.1, -0.05) is 29.8 Å². The predicted molar refractivity (Wildman–Crippen MR) is 84.6 cm³/mol. The van der Waals surface area contributed by atoms with E-state index in [0.717, 1.165) is 35.8 Å². The Morgan fingerprint density at radius 3 is 2.95 bits per heavy atom. The maximum absolute atomic E-state index is 5.22. The van der Waals surface area contributed by atoms with Gasteiger partial charge in [0.1, 0.15) is 0 Å². The van der Waals surface area contributed by atoms with E-state index in [1.165, 1.54) is 5.69 Å². The van der Waals surface area contributed by atoms with Gasteiger partial charge >= 0.3 is 0 Å². The van der Waals surface area contributed by atoms with Crippen LogP contribution in [0, 0.1) is 5.92 Å². The van der Waals surface area contributed by atoms with Crippen LogP contribution >= 0.6 is 27.3 Å². The lowest BCUT2D eigenvalue weighted by molar-refractivity contribution is 0.204. The summed E-state index contributed by atoms with van der Waals surface area (Å²) in [5, 5.41) is 2.88. The molecule has 2 aromatic rings. The molecule has 0 amide bonds. The highest BCUT2D eigenvalue weighted by atomic mass is 79.9. The first kappa shape index (κ1) is 14.8. The van der Waals surface area contributed by atoms with Crippen molar-refractivity contribution in [2.45, 2.75) is 19.2 Å². The fraction of sp³-hybridized carbons (Fsp3) is 0.615. The van der Waals surface area contributed by atoms with Crippen molar-refractivity contribution in [1.29, 1.82) is 0 Å². The molecule has 0 N–H and O–H groups in total. The van der Waals surface area contributed by atoms with Crippen molar-refractivity contribution in [3.63, 3.8) is 0 Å². The minimum absolute atomic E-state index is 0.597. The zero-order valence-corrected chi connectivity index (χ0v) is 14.0. The fourth-order valence-corrected chi connectivity index (χ4v) is 3.37. The van der Waals surface area contributed by atoms with E-state index in [-0.39, 0.29) is 0 Å². The van der Waals surface area contributed by atoms with Crippen LogP contribution in [0.5, 0.6) is 0 Å². The average molecular weight is 346 g/mol. The van der Waals surface area contributed by atoms with Crippen molar-refractivity contribution >= 4 is 38.0 Å². The third-order valence-corrected chi connectivity index (χ3v) is 4.20. The van der Waals surface area contributed by atoms with Gasteiger partial charge in [-0.25, -0.2) is 4.98 Å². The molecule has 0 saturated carbocycles. The number of halogens is 1. The molecule has 6 heteroatoms. The molecule has 0 radical (unpaired) electrons. The minimum atomic E-state index is 0.597. The molecule has 0 saturated heterocycles. The van der Waals surface area contributed by atoms with Crippen LogP contribution in [-0.4, -0.2) is 36.2 Å². The second-order valence-corrected chi connectivity index (χ2v) is 6.34. The number of aromatic nitrogens is 2. The molecule has 0 aliphatic rings. The predicted octanol–water partition coefficient (Wildman–Crippen LogP) is 3.40. The summed E-state index contributed by atoms with van der Waals surface area (Å²) < 4.78 is 7.38. The zero-order chi connectivity index (χ0) is 13.8. The quantitative estimate of drug-likeness (QED) is 0.720. The average Bonchev–Trinajstić information content (AvgIpc) is 2.93. The largest absolute Gasteiger partial charge is 0.383 e. The highest BCUT2D eigenvalue weighted by Gasteiger charge is 2.18. The first-order valence-electron chi connectivity index (χ1n) is 6.41. The van der Waals surface area contributed by atoms with Crippen LogP contribution in [0.25, 0.3) is 4.96 Å². The van der Waals surface area contributed by atoms with E-state index in [4.69, 9.17) is 9.72 Å². The molecule has 2 heterocycles. The molecule has 0 aromatic carbocycles. The Kier molecular flexibility index (Phi) is 5.24. The van der Waals surface area contributed by atoms with E-state index < -0.39 is 0 Å². The minimum Gasteiger partial charge on any atom is -0.383 e. The molecule has 2 rings (SSSR count). The topological polar surface area (TPSA) is 29.8 Å². The summed E-state index contributed by atoms with van der Waals surface area (Å²) in [5.41, 5.74) is 1.22. The molecule has 0 aliphatic carbocycles. The Morgan fingerprint density at radius 2 is 2.32 bits per heavy atom. The van der Waals surface area contributed by atoms with Gasteiger partial charge in [0.25, 0.3) is 0 Å². The maximum atomic E-state index is 5.22. The van der Waals surface area contributed by atoms with Gasteiger partial charge in [-0.15, -0.1) is 11.3 Å². The summed E-state index contributed by atoms with van der Waals surface area (Å²) in [6.07, 6.45) is 2.08. The monoisotopic (exact) mass is 345 g/mol. The van der Waals surface area contributed by atoms with Crippen molar-refractivity contribution in [1.82, 2.24) is 9.38 Å². The summed E-state index contributed by atoms with van der Waals surface area (Å²) in [7, 11) is 1.74. The molecular weight excluding hydrogens is 326 g/mol. The summed E-state index contributed by atoms with van der Waals surface area (Å²) in [4.78, 5) is 8.15. The summed E-state index contributed by atoms with van der Waals surface area (Å²) in [6.45, 7) is 7.05. The summed E-state index contributed by atoms with van der Waals surface area (Å²) >= 11 is 5.25. The van der Waals surface area contributed by atoms with Crippen molar-refractivity contribution < 1.29 is 4.74 Å². The second-order valence-electron chi connectivity index (χ2n) is 4.90. The number of ether oxygens (including phenoxy) is 1. The lowest BCUT2D eigenvalue weighted by atomic mass is 10.2. The van der Waals surface area contributed by atoms with E-state index >= 15 is 0 Å². The molecule has 0 unspecified atom stereocenters. The lowest BCUT2D eigenvalue weighted by Gasteiger charge is -2.25. The van der Waals surface area contributed by atoms with E-state index in [1.54, 1.807) is 18.4 Å². The van der Waals surface area contributed by atoms with Gasteiger partial charge in [0.05, 0.1) is 12.3 Å². The number of nitrogens with zero attached hydrogens (tertiary/aromatic N) is 3. The number of hydrogen-bond acceptors (Lipinski definition) is 4. The van der Waals surface area contributed by atoms with Crippen LogP contribution in [0.4, 0.5) is 5.82 Å². The molecule has 0 fully saturated rings. The molecule has 0 aliphatic heterocycles. The van der Waals surface area contributed by atoms with E-state index in [0.29, 0.717) is 5.92 Å². The first-order chi connectivity index (χ1) is 9.17. The Hall–Kier alpha value is -0.590. The molecule has 2 aromatic heterocycles. The molecule has 106 valence electrons. The molecular formula is C13H20BrN3OS. The van der Waals surface area contributed by atoms with Gasteiger partial charge in [-0.2, -0.15) is 0 Å². The van der Waals surface area contributed by atoms with Crippen molar-refractivity contribution in [3.8, 4) is 0 Å². The van der Waals surface area contributed by atoms with Gasteiger partial charge in [-0.05, 0) is 5.92 Å². The van der Waals surface area contributed by atoms with Crippen LogP contribution in [0.2, 0.25) is 0 Å². The number of methoxy groups -OCH3 is 1. The third kappa shape index (κ3) is 3.30. The van der Waals surface area contributed by atoms with Crippen LogP contribution in [0.15, 0.2) is 11.6 Å². The van der Waals surface area contributed by atoms with Gasteiger partial charge in [0.2, 0.25) is 0 Å². The van der Waals surface area contributed by atoms with Crippen LogP contribution in [-0.2, 0) is 10.1 Å². The standard InChI is InChI=1S/C13H20BrN3OS/c1-10(2)9-16(4-6-18-3)12-11(8-14)17-5-7-19-13(17)15-12/h5,7,10H,4,6,8-9H2,1-3H3. The highest BCUT2D eigenvalue weighted by molar-refractivity contribution is 9.08.